The molecule has 0 unspecified atom stereocenters. The Kier molecular flexibility index (Phi) is 6.86. The molecule has 0 bridgehead atoms. The maximum Gasteiger partial charge on any atom is 0.270 e. The second kappa shape index (κ2) is 10.1. The first-order chi connectivity index (χ1) is 15.2. The molecule has 160 valence electrons. The molecule has 31 heavy (non-hydrogen) atoms. The quantitative estimate of drug-likeness (QED) is 0.617. The molecule has 1 fully saturated rings. The summed E-state index contributed by atoms with van der Waals surface area (Å²) in [6.45, 7) is 4.27. The first-order valence-corrected chi connectivity index (χ1v) is 10.5. The monoisotopic (exact) mass is 418 g/mol. The number of para-hydroxylation sites is 1. The number of rotatable bonds is 7. The smallest absolute Gasteiger partial charge is 0.270 e. The fourth-order valence-corrected chi connectivity index (χ4v) is 3.53. The number of anilines is 1. The van der Waals surface area contributed by atoms with Crippen LogP contribution in [0.25, 0.3) is 10.9 Å². The lowest BCUT2D eigenvalue weighted by atomic mass is 10.2. The molecule has 1 aliphatic heterocycles. The minimum Gasteiger partial charge on any atom is -0.379 e. The van der Waals surface area contributed by atoms with Crippen LogP contribution >= 0.6 is 0 Å². The van der Waals surface area contributed by atoms with Crippen LogP contribution in [0.3, 0.4) is 0 Å². The van der Waals surface area contributed by atoms with Crippen LogP contribution in [0.4, 0.5) is 5.69 Å². The molecule has 2 N–H and O–H groups in total. The maximum absolute atomic E-state index is 12.5. The first kappa shape index (κ1) is 21.0. The number of benzene rings is 2. The molecular weight excluding hydrogens is 392 g/mol. The topological polar surface area (TPSA) is 83.6 Å². The van der Waals surface area contributed by atoms with Gasteiger partial charge >= 0.3 is 0 Å². The Labute approximate surface area is 181 Å². The summed E-state index contributed by atoms with van der Waals surface area (Å²) in [6, 6.07) is 18.8. The van der Waals surface area contributed by atoms with Gasteiger partial charge in [0.2, 0.25) is 5.91 Å². The van der Waals surface area contributed by atoms with Crippen molar-refractivity contribution in [3.05, 3.63) is 71.9 Å². The van der Waals surface area contributed by atoms with Gasteiger partial charge in [0.15, 0.2) is 0 Å². The van der Waals surface area contributed by atoms with Crippen molar-refractivity contribution in [2.45, 2.75) is 13.0 Å². The number of carbonyl (C=O) groups is 2. The third kappa shape index (κ3) is 5.87. The second-order valence-corrected chi connectivity index (χ2v) is 7.52. The number of carbonyl (C=O) groups excluding carboxylic acids is 2. The number of nitrogens with one attached hydrogen (secondary N) is 2. The number of hydrogen-bond donors (Lipinski definition) is 2. The molecule has 3 aromatic rings. The van der Waals surface area contributed by atoms with Gasteiger partial charge in [-0.3, -0.25) is 14.5 Å². The Balaban J connectivity index is 1.29. The molecule has 4 rings (SSSR count). The SMILES string of the molecule is O=C(CCN1CCOCC1)Nc1cccc(CNC(=O)c2ccc3ccccc3n2)c1. The third-order valence-electron chi connectivity index (χ3n) is 5.25. The highest BCUT2D eigenvalue weighted by molar-refractivity contribution is 5.95. The summed E-state index contributed by atoms with van der Waals surface area (Å²) in [5.41, 5.74) is 2.80. The fraction of sp³-hybridized carbons (Fsp3) is 0.292. The molecule has 2 amide bonds. The Morgan fingerprint density at radius 2 is 1.84 bits per heavy atom. The van der Waals surface area contributed by atoms with Crippen LogP contribution in [0, 0.1) is 0 Å². The lowest BCUT2D eigenvalue weighted by molar-refractivity contribution is -0.116. The average Bonchev–Trinajstić information content (AvgIpc) is 2.82. The predicted octanol–water partition coefficient (Wildman–Crippen LogP) is 2.83. The highest BCUT2D eigenvalue weighted by Gasteiger charge is 2.12. The fourth-order valence-electron chi connectivity index (χ4n) is 3.53. The number of amides is 2. The molecule has 1 aromatic heterocycles. The van der Waals surface area contributed by atoms with Gasteiger partial charge in [0.1, 0.15) is 5.69 Å². The van der Waals surface area contributed by atoms with Crippen molar-refractivity contribution in [3.8, 4) is 0 Å². The number of fused-ring (bicyclic) bond motifs is 1. The van der Waals surface area contributed by atoms with Crippen LogP contribution < -0.4 is 10.6 Å². The Hall–Kier alpha value is -3.29. The summed E-state index contributed by atoms with van der Waals surface area (Å²) in [6.07, 6.45) is 0.439. The zero-order chi connectivity index (χ0) is 21.5. The molecule has 0 aliphatic carbocycles. The number of nitrogens with zero attached hydrogens (tertiary/aromatic N) is 2. The molecule has 0 atom stereocenters. The molecule has 2 heterocycles. The zero-order valence-corrected chi connectivity index (χ0v) is 17.3. The van der Waals surface area contributed by atoms with Gasteiger partial charge in [0.25, 0.3) is 5.91 Å². The Morgan fingerprint density at radius 1 is 1.00 bits per heavy atom. The van der Waals surface area contributed by atoms with Crippen molar-refractivity contribution >= 4 is 28.4 Å². The lowest BCUT2D eigenvalue weighted by Gasteiger charge is -2.26. The van der Waals surface area contributed by atoms with Crippen molar-refractivity contribution in [1.82, 2.24) is 15.2 Å². The van der Waals surface area contributed by atoms with E-state index in [0.717, 1.165) is 55.0 Å². The standard InChI is InChI=1S/C24H26N4O3/c29-23(10-11-28-12-14-31-15-13-28)26-20-6-3-4-18(16-20)17-25-24(30)22-9-8-19-5-1-2-7-21(19)27-22/h1-9,16H,10-15,17H2,(H,25,30)(H,26,29). The van der Waals surface area contributed by atoms with E-state index in [4.69, 9.17) is 4.74 Å². The summed E-state index contributed by atoms with van der Waals surface area (Å²) in [7, 11) is 0. The molecule has 2 aromatic carbocycles. The van der Waals surface area contributed by atoms with Crippen LogP contribution in [0.15, 0.2) is 60.7 Å². The summed E-state index contributed by atoms with van der Waals surface area (Å²) < 4.78 is 5.33. The molecule has 0 saturated carbocycles. The summed E-state index contributed by atoms with van der Waals surface area (Å²) in [5.74, 6) is -0.251. The summed E-state index contributed by atoms with van der Waals surface area (Å²) in [4.78, 5) is 31.4. The van der Waals surface area contributed by atoms with E-state index in [2.05, 4.69) is 20.5 Å². The molecule has 1 saturated heterocycles. The van der Waals surface area contributed by atoms with E-state index < -0.39 is 0 Å². The van der Waals surface area contributed by atoms with Gasteiger partial charge in [-0.05, 0) is 29.8 Å². The predicted molar refractivity (Wildman–Crippen MR) is 120 cm³/mol. The van der Waals surface area contributed by atoms with E-state index in [1.54, 1.807) is 6.07 Å². The van der Waals surface area contributed by atoms with Crippen LogP contribution in [0.1, 0.15) is 22.5 Å². The molecule has 1 aliphatic rings. The number of aromatic nitrogens is 1. The van der Waals surface area contributed by atoms with Gasteiger partial charge < -0.3 is 15.4 Å². The normalized spacial score (nSPS) is 14.3. The van der Waals surface area contributed by atoms with Crippen LogP contribution in [-0.4, -0.2) is 54.5 Å². The highest BCUT2D eigenvalue weighted by Crippen LogP contribution is 2.13. The van der Waals surface area contributed by atoms with E-state index in [1.165, 1.54) is 0 Å². The van der Waals surface area contributed by atoms with E-state index in [-0.39, 0.29) is 11.8 Å². The molecule has 7 heteroatoms. The molecular formula is C24H26N4O3. The van der Waals surface area contributed by atoms with Crippen molar-refractivity contribution in [3.63, 3.8) is 0 Å². The van der Waals surface area contributed by atoms with Crippen LogP contribution in [-0.2, 0) is 16.1 Å². The van der Waals surface area contributed by atoms with Gasteiger partial charge in [-0.25, -0.2) is 4.98 Å². The Morgan fingerprint density at radius 3 is 2.71 bits per heavy atom. The van der Waals surface area contributed by atoms with E-state index >= 15 is 0 Å². The zero-order valence-electron chi connectivity index (χ0n) is 17.3. The third-order valence-corrected chi connectivity index (χ3v) is 5.25. The number of pyridine rings is 1. The highest BCUT2D eigenvalue weighted by atomic mass is 16.5. The number of hydrogen-bond acceptors (Lipinski definition) is 5. The van der Waals surface area contributed by atoms with Gasteiger partial charge in [0, 0.05) is 43.7 Å². The molecule has 0 spiro atoms. The van der Waals surface area contributed by atoms with Gasteiger partial charge in [0.05, 0.1) is 18.7 Å². The summed E-state index contributed by atoms with van der Waals surface area (Å²) in [5, 5.41) is 6.83. The van der Waals surface area contributed by atoms with Crippen molar-refractivity contribution < 1.29 is 14.3 Å². The van der Waals surface area contributed by atoms with Crippen molar-refractivity contribution in [1.29, 1.82) is 0 Å². The molecule has 0 radical (unpaired) electrons. The lowest BCUT2D eigenvalue weighted by Crippen LogP contribution is -2.38. The van der Waals surface area contributed by atoms with Crippen molar-refractivity contribution in [2.24, 2.45) is 0 Å². The first-order valence-electron chi connectivity index (χ1n) is 10.5. The maximum atomic E-state index is 12.5. The van der Waals surface area contributed by atoms with E-state index in [9.17, 15) is 9.59 Å². The van der Waals surface area contributed by atoms with Crippen LogP contribution in [0.2, 0.25) is 0 Å². The summed E-state index contributed by atoms with van der Waals surface area (Å²) >= 11 is 0. The Bertz CT molecular complexity index is 1060. The molecule has 7 nitrogen and oxygen atoms in total. The van der Waals surface area contributed by atoms with Crippen LogP contribution in [0.5, 0.6) is 0 Å². The second-order valence-electron chi connectivity index (χ2n) is 7.52. The van der Waals surface area contributed by atoms with Gasteiger partial charge in [-0.15, -0.1) is 0 Å². The minimum atomic E-state index is -0.231. The number of morpholine rings is 1. The van der Waals surface area contributed by atoms with E-state index in [0.29, 0.717) is 18.7 Å². The minimum absolute atomic E-state index is 0.0203. The van der Waals surface area contributed by atoms with Crippen molar-refractivity contribution in [2.75, 3.05) is 38.2 Å². The average molecular weight is 418 g/mol. The van der Waals surface area contributed by atoms with Gasteiger partial charge in [-0.1, -0.05) is 36.4 Å². The van der Waals surface area contributed by atoms with E-state index in [1.807, 2.05) is 54.6 Å². The largest absolute Gasteiger partial charge is 0.379 e. The van der Waals surface area contributed by atoms with Gasteiger partial charge in [-0.2, -0.15) is 0 Å². The number of ether oxygens (including phenoxy) is 1.